The minimum Gasteiger partial charge on any atom is -0.443 e. The maximum absolute atomic E-state index is 12.2. The van der Waals surface area contributed by atoms with Crippen LogP contribution < -0.4 is 15.5 Å². The first kappa shape index (κ1) is 15.7. The fourth-order valence-electron chi connectivity index (χ4n) is 3.25. The average Bonchev–Trinajstić information content (AvgIpc) is 2.95. The normalized spacial score (nSPS) is 24.5. The van der Waals surface area contributed by atoms with Crippen LogP contribution in [0.25, 0.3) is 0 Å². The van der Waals surface area contributed by atoms with Crippen LogP contribution in [0.4, 0.5) is 16.2 Å². The van der Waals surface area contributed by atoms with Crippen LogP contribution in [0.2, 0.25) is 0 Å². The summed E-state index contributed by atoms with van der Waals surface area (Å²) in [7, 11) is 0. The molecule has 0 spiro atoms. The zero-order chi connectivity index (χ0) is 16.5. The van der Waals surface area contributed by atoms with Crippen LogP contribution in [0.3, 0.4) is 0 Å². The van der Waals surface area contributed by atoms with Gasteiger partial charge in [0.25, 0.3) is 0 Å². The number of piperazine rings is 1. The Morgan fingerprint density at radius 1 is 1.25 bits per heavy atom. The van der Waals surface area contributed by atoms with Crippen molar-refractivity contribution < 1.29 is 14.3 Å². The van der Waals surface area contributed by atoms with E-state index >= 15 is 0 Å². The highest BCUT2D eigenvalue weighted by Gasteiger charge is 2.34. The highest BCUT2D eigenvalue weighted by molar-refractivity contribution is 8.00. The third-order valence-electron chi connectivity index (χ3n) is 4.45. The lowest BCUT2D eigenvalue weighted by atomic mass is 10.2. The molecule has 2 saturated heterocycles. The number of thioether (sulfide) groups is 1. The molecule has 0 radical (unpaired) electrons. The van der Waals surface area contributed by atoms with Crippen LogP contribution in [0.5, 0.6) is 0 Å². The van der Waals surface area contributed by atoms with Crippen molar-refractivity contribution in [3.63, 3.8) is 0 Å². The number of carbonyl (C=O) groups is 2. The summed E-state index contributed by atoms with van der Waals surface area (Å²) in [4.78, 5) is 28.8. The molecule has 3 heterocycles. The zero-order valence-electron chi connectivity index (χ0n) is 13.3. The molecule has 0 aromatic heterocycles. The Balaban J connectivity index is 1.45. The zero-order valence-corrected chi connectivity index (χ0v) is 14.1. The molecule has 4 rings (SSSR count). The van der Waals surface area contributed by atoms with E-state index in [2.05, 4.69) is 15.5 Å². The molecule has 8 heteroatoms. The van der Waals surface area contributed by atoms with Crippen molar-refractivity contribution >= 4 is 35.1 Å². The minimum atomic E-state index is -0.315. The van der Waals surface area contributed by atoms with Gasteiger partial charge in [-0.25, -0.2) is 4.79 Å². The van der Waals surface area contributed by atoms with Crippen LogP contribution in [0, 0.1) is 0 Å². The van der Waals surface area contributed by atoms with Gasteiger partial charge in [-0.1, -0.05) is 0 Å². The van der Waals surface area contributed by atoms with E-state index in [9.17, 15) is 9.59 Å². The van der Waals surface area contributed by atoms with Gasteiger partial charge >= 0.3 is 6.09 Å². The standard InChI is InChI=1S/C16H20N4O3S/c21-15-10-24-14-2-1-11(7-13(14)18-15)20-9-12(23-16(20)22)8-19-5-3-17-4-6-19/h1-2,7,12,17H,3-6,8-10H2,(H,18,21). The fourth-order valence-corrected chi connectivity index (χ4v) is 4.04. The molecule has 0 saturated carbocycles. The van der Waals surface area contributed by atoms with Crippen LogP contribution in [0.1, 0.15) is 0 Å². The Morgan fingerprint density at radius 2 is 2.08 bits per heavy atom. The number of fused-ring (bicyclic) bond motifs is 1. The maximum Gasteiger partial charge on any atom is 0.414 e. The van der Waals surface area contributed by atoms with Crippen LogP contribution in [0.15, 0.2) is 23.1 Å². The van der Waals surface area contributed by atoms with Gasteiger partial charge in [0.1, 0.15) is 6.10 Å². The molecule has 1 aromatic carbocycles. The lowest BCUT2D eigenvalue weighted by Gasteiger charge is -2.28. The molecule has 1 aromatic rings. The fraction of sp³-hybridized carbons (Fsp3) is 0.500. The monoisotopic (exact) mass is 348 g/mol. The summed E-state index contributed by atoms with van der Waals surface area (Å²) in [5.41, 5.74) is 1.54. The Bertz CT molecular complexity index is 663. The van der Waals surface area contributed by atoms with Gasteiger partial charge in [-0.15, -0.1) is 11.8 Å². The molecule has 3 aliphatic heterocycles. The molecule has 1 unspecified atom stereocenters. The number of benzene rings is 1. The number of hydrogen-bond donors (Lipinski definition) is 2. The summed E-state index contributed by atoms with van der Waals surface area (Å²) in [6.45, 7) is 5.23. The molecule has 128 valence electrons. The van der Waals surface area contributed by atoms with Gasteiger partial charge in [-0.2, -0.15) is 0 Å². The lowest BCUT2D eigenvalue weighted by Crippen LogP contribution is -2.46. The predicted molar refractivity (Wildman–Crippen MR) is 92.7 cm³/mol. The Kier molecular flexibility index (Phi) is 4.34. The van der Waals surface area contributed by atoms with Crippen LogP contribution in [-0.4, -0.2) is 68.0 Å². The Hall–Kier alpha value is -1.77. The summed E-state index contributed by atoms with van der Waals surface area (Å²) in [5, 5.41) is 6.18. The first-order chi connectivity index (χ1) is 11.7. The first-order valence-electron chi connectivity index (χ1n) is 8.17. The third-order valence-corrected chi connectivity index (χ3v) is 5.53. The number of anilines is 2. The second kappa shape index (κ2) is 6.62. The summed E-state index contributed by atoms with van der Waals surface area (Å²) in [5.74, 6) is 0.426. The topological polar surface area (TPSA) is 73.9 Å². The number of cyclic esters (lactones) is 1. The van der Waals surface area contributed by atoms with Crippen molar-refractivity contribution in [1.29, 1.82) is 0 Å². The first-order valence-corrected chi connectivity index (χ1v) is 9.15. The number of hydrogen-bond acceptors (Lipinski definition) is 6. The smallest absolute Gasteiger partial charge is 0.414 e. The third kappa shape index (κ3) is 3.22. The van der Waals surface area contributed by atoms with E-state index in [0.717, 1.165) is 49.0 Å². The van der Waals surface area contributed by atoms with E-state index in [0.29, 0.717) is 12.3 Å². The predicted octanol–water partition coefficient (Wildman–Crippen LogP) is 0.961. The lowest BCUT2D eigenvalue weighted by molar-refractivity contribution is -0.113. The number of nitrogens with one attached hydrogen (secondary N) is 2. The van der Waals surface area contributed by atoms with Gasteiger partial charge in [-0.3, -0.25) is 14.6 Å². The SMILES string of the molecule is O=C1CSc2ccc(N3CC(CN4CCNCC4)OC3=O)cc2N1. The van der Waals surface area contributed by atoms with Gasteiger partial charge < -0.3 is 15.4 Å². The molecule has 7 nitrogen and oxygen atoms in total. The van der Waals surface area contributed by atoms with E-state index in [1.54, 1.807) is 4.90 Å². The number of nitrogens with zero attached hydrogens (tertiary/aromatic N) is 2. The van der Waals surface area contributed by atoms with E-state index in [1.165, 1.54) is 11.8 Å². The van der Waals surface area contributed by atoms with Crippen molar-refractivity contribution in [2.24, 2.45) is 0 Å². The van der Waals surface area contributed by atoms with Gasteiger partial charge in [0.2, 0.25) is 5.91 Å². The Morgan fingerprint density at radius 3 is 2.92 bits per heavy atom. The second-order valence-electron chi connectivity index (χ2n) is 6.18. The largest absolute Gasteiger partial charge is 0.443 e. The van der Waals surface area contributed by atoms with Crippen molar-refractivity contribution in [1.82, 2.24) is 10.2 Å². The van der Waals surface area contributed by atoms with Gasteiger partial charge in [0.05, 0.1) is 18.0 Å². The molecular formula is C16H20N4O3S. The summed E-state index contributed by atoms with van der Waals surface area (Å²) < 4.78 is 5.53. The van der Waals surface area contributed by atoms with Crippen LogP contribution >= 0.6 is 11.8 Å². The highest BCUT2D eigenvalue weighted by Crippen LogP contribution is 2.35. The summed E-state index contributed by atoms with van der Waals surface area (Å²) in [6.07, 6.45) is -0.430. The highest BCUT2D eigenvalue weighted by atomic mass is 32.2. The molecule has 2 N–H and O–H groups in total. The van der Waals surface area contributed by atoms with Gasteiger partial charge in [0.15, 0.2) is 0 Å². The van der Waals surface area contributed by atoms with Crippen molar-refractivity contribution in [2.75, 3.05) is 55.2 Å². The van der Waals surface area contributed by atoms with E-state index in [-0.39, 0.29) is 18.1 Å². The molecule has 1 atom stereocenters. The van der Waals surface area contributed by atoms with E-state index in [1.807, 2.05) is 18.2 Å². The number of ether oxygens (including phenoxy) is 1. The molecule has 3 aliphatic rings. The molecule has 0 bridgehead atoms. The van der Waals surface area contributed by atoms with Gasteiger partial charge in [-0.05, 0) is 18.2 Å². The summed E-state index contributed by atoms with van der Waals surface area (Å²) >= 11 is 1.51. The molecular weight excluding hydrogens is 328 g/mol. The van der Waals surface area contributed by atoms with E-state index in [4.69, 9.17) is 4.74 Å². The summed E-state index contributed by atoms with van der Waals surface area (Å²) in [6, 6.07) is 5.72. The Labute approximate surface area is 144 Å². The second-order valence-corrected chi connectivity index (χ2v) is 7.20. The van der Waals surface area contributed by atoms with Crippen molar-refractivity contribution in [3.8, 4) is 0 Å². The number of amides is 2. The molecule has 0 aliphatic carbocycles. The molecule has 24 heavy (non-hydrogen) atoms. The maximum atomic E-state index is 12.2. The van der Waals surface area contributed by atoms with Crippen molar-refractivity contribution in [2.45, 2.75) is 11.0 Å². The number of carbonyl (C=O) groups excluding carboxylic acids is 2. The minimum absolute atomic E-state index is 0.00904. The van der Waals surface area contributed by atoms with Crippen LogP contribution in [-0.2, 0) is 9.53 Å². The molecule has 2 fully saturated rings. The number of rotatable bonds is 3. The quantitative estimate of drug-likeness (QED) is 0.848. The molecule has 2 amide bonds. The van der Waals surface area contributed by atoms with Gasteiger partial charge in [0, 0.05) is 43.3 Å². The van der Waals surface area contributed by atoms with E-state index < -0.39 is 0 Å². The van der Waals surface area contributed by atoms with Crippen molar-refractivity contribution in [3.05, 3.63) is 18.2 Å². The average molecular weight is 348 g/mol.